The number of piperidine rings is 3. The van der Waals surface area contributed by atoms with Crippen LogP contribution in [0.5, 0.6) is 0 Å². The van der Waals surface area contributed by atoms with Gasteiger partial charge in [-0.3, -0.25) is 4.90 Å². The summed E-state index contributed by atoms with van der Waals surface area (Å²) in [5.41, 5.74) is 0.713. The van der Waals surface area contributed by atoms with Gasteiger partial charge < -0.3 is 10.2 Å². The number of hydrogen-bond acceptors (Lipinski definition) is 3. The van der Waals surface area contributed by atoms with Crippen molar-refractivity contribution in [2.45, 2.75) is 44.6 Å². The van der Waals surface area contributed by atoms with Gasteiger partial charge in [-0.15, -0.1) is 0 Å². The molecule has 0 atom stereocenters. The number of nitrogens with zero attached hydrogens (tertiary/aromatic N) is 2. The van der Waals surface area contributed by atoms with Crippen molar-refractivity contribution < 1.29 is 0 Å². The van der Waals surface area contributed by atoms with E-state index in [4.69, 9.17) is 0 Å². The minimum absolute atomic E-state index is 0.713. The standard InChI is InChI=1S/C15H28IN3/c16-13-18-9-1-14(2-10-18)19-11-5-15(6-12-19)3-7-17-8-4-15/h14,17H,1-13H2. The summed E-state index contributed by atoms with van der Waals surface area (Å²) in [5.74, 6) is 0. The maximum absolute atomic E-state index is 3.52. The second kappa shape index (κ2) is 6.58. The van der Waals surface area contributed by atoms with E-state index in [2.05, 4.69) is 37.7 Å². The molecule has 1 N–H and O–H groups in total. The first-order chi connectivity index (χ1) is 9.31. The third kappa shape index (κ3) is 3.44. The highest BCUT2D eigenvalue weighted by atomic mass is 127. The van der Waals surface area contributed by atoms with Gasteiger partial charge in [0.2, 0.25) is 0 Å². The van der Waals surface area contributed by atoms with E-state index >= 15 is 0 Å². The highest BCUT2D eigenvalue weighted by molar-refractivity contribution is 14.1. The van der Waals surface area contributed by atoms with Crippen LogP contribution in [0.15, 0.2) is 0 Å². The monoisotopic (exact) mass is 377 g/mol. The molecule has 0 aromatic carbocycles. The predicted octanol–water partition coefficient (Wildman–Crippen LogP) is 2.31. The van der Waals surface area contributed by atoms with Crippen LogP contribution < -0.4 is 5.32 Å². The van der Waals surface area contributed by atoms with E-state index in [0.717, 1.165) is 6.04 Å². The molecule has 19 heavy (non-hydrogen) atoms. The van der Waals surface area contributed by atoms with Gasteiger partial charge in [0, 0.05) is 19.1 Å². The third-order valence-electron chi connectivity index (χ3n) is 5.77. The van der Waals surface area contributed by atoms with Gasteiger partial charge in [-0.25, -0.2) is 0 Å². The smallest absolute Gasteiger partial charge is 0.0505 e. The summed E-state index contributed by atoms with van der Waals surface area (Å²) in [6.07, 6.45) is 8.57. The summed E-state index contributed by atoms with van der Waals surface area (Å²) in [6, 6.07) is 0.887. The number of halogens is 1. The van der Waals surface area contributed by atoms with Crippen molar-refractivity contribution in [3.63, 3.8) is 0 Å². The van der Waals surface area contributed by atoms with Gasteiger partial charge >= 0.3 is 0 Å². The SMILES string of the molecule is ICN1CCC(N2CCC3(CCNCC3)CC2)CC1. The van der Waals surface area contributed by atoms with Crippen molar-refractivity contribution in [3.8, 4) is 0 Å². The van der Waals surface area contributed by atoms with Crippen LogP contribution in [0.4, 0.5) is 0 Å². The van der Waals surface area contributed by atoms with Crippen molar-refractivity contribution in [2.75, 3.05) is 43.8 Å². The number of hydrogen-bond donors (Lipinski definition) is 1. The fraction of sp³-hybridized carbons (Fsp3) is 1.00. The minimum atomic E-state index is 0.713. The van der Waals surface area contributed by atoms with Crippen LogP contribution in [0.1, 0.15) is 38.5 Å². The number of alkyl halides is 1. The van der Waals surface area contributed by atoms with Crippen molar-refractivity contribution in [1.82, 2.24) is 15.1 Å². The zero-order valence-electron chi connectivity index (χ0n) is 12.0. The predicted molar refractivity (Wildman–Crippen MR) is 88.8 cm³/mol. The van der Waals surface area contributed by atoms with E-state index in [1.165, 1.54) is 82.3 Å². The minimum Gasteiger partial charge on any atom is -0.317 e. The van der Waals surface area contributed by atoms with E-state index in [1.54, 1.807) is 0 Å². The van der Waals surface area contributed by atoms with E-state index in [1.807, 2.05) is 0 Å². The first-order valence-electron chi connectivity index (χ1n) is 8.04. The Hall–Kier alpha value is 0.610. The van der Waals surface area contributed by atoms with Crippen LogP contribution in [-0.4, -0.2) is 59.7 Å². The molecular formula is C15H28IN3. The summed E-state index contributed by atoms with van der Waals surface area (Å²) in [5, 5.41) is 3.52. The molecule has 0 aromatic heterocycles. The molecule has 0 amide bonds. The summed E-state index contributed by atoms with van der Waals surface area (Å²) < 4.78 is 1.21. The first kappa shape index (κ1) is 14.5. The normalized spacial score (nSPS) is 30.8. The Morgan fingerprint density at radius 1 is 0.947 bits per heavy atom. The Bertz CT molecular complexity index is 273. The van der Waals surface area contributed by atoms with Crippen LogP contribution in [0, 0.1) is 5.41 Å². The van der Waals surface area contributed by atoms with Crippen molar-refractivity contribution in [3.05, 3.63) is 0 Å². The molecular weight excluding hydrogens is 349 g/mol. The second-order valence-electron chi connectivity index (χ2n) is 6.75. The fourth-order valence-corrected chi connectivity index (χ4v) is 4.91. The molecule has 4 heteroatoms. The molecule has 0 bridgehead atoms. The molecule has 0 aliphatic carbocycles. The molecule has 3 fully saturated rings. The average molecular weight is 377 g/mol. The Kier molecular flexibility index (Phi) is 5.04. The summed E-state index contributed by atoms with van der Waals surface area (Å²) in [6.45, 7) is 7.89. The maximum Gasteiger partial charge on any atom is 0.0505 e. The zero-order valence-corrected chi connectivity index (χ0v) is 14.2. The van der Waals surface area contributed by atoms with Gasteiger partial charge in [0.25, 0.3) is 0 Å². The Labute approximate surface area is 131 Å². The van der Waals surface area contributed by atoms with E-state index in [0.29, 0.717) is 5.41 Å². The summed E-state index contributed by atoms with van der Waals surface area (Å²) >= 11 is 2.50. The van der Waals surface area contributed by atoms with Crippen LogP contribution in [0.25, 0.3) is 0 Å². The van der Waals surface area contributed by atoms with E-state index in [9.17, 15) is 0 Å². The van der Waals surface area contributed by atoms with Crippen LogP contribution in [0.3, 0.4) is 0 Å². The molecule has 3 saturated heterocycles. The lowest BCUT2D eigenvalue weighted by Crippen LogP contribution is -2.51. The molecule has 3 aliphatic heterocycles. The molecule has 0 saturated carbocycles. The number of rotatable bonds is 2. The van der Waals surface area contributed by atoms with E-state index in [-0.39, 0.29) is 0 Å². The molecule has 110 valence electrons. The summed E-state index contributed by atoms with van der Waals surface area (Å²) in [4.78, 5) is 5.41. The zero-order chi connectivity index (χ0) is 13.1. The maximum atomic E-state index is 3.52. The molecule has 3 aliphatic rings. The van der Waals surface area contributed by atoms with Crippen molar-refractivity contribution in [1.29, 1.82) is 0 Å². The second-order valence-corrected chi connectivity index (χ2v) is 7.44. The topological polar surface area (TPSA) is 18.5 Å². The van der Waals surface area contributed by atoms with Gasteiger partial charge in [-0.1, -0.05) is 22.6 Å². The molecule has 0 aromatic rings. The largest absolute Gasteiger partial charge is 0.317 e. The highest BCUT2D eigenvalue weighted by Crippen LogP contribution is 2.40. The quantitative estimate of drug-likeness (QED) is 0.453. The lowest BCUT2D eigenvalue weighted by molar-refractivity contribution is 0.0310. The van der Waals surface area contributed by atoms with Crippen LogP contribution in [-0.2, 0) is 0 Å². The van der Waals surface area contributed by atoms with Gasteiger partial charge in [0.15, 0.2) is 0 Å². The fourth-order valence-electron chi connectivity index (χ4n) is 4.22. The van der Waals surface area contributed by atoms with Gasteiger partial charge in [-0.2, -0.15) is 0 Å². The first-order valence-corrected chi connectivity index (χ1v) is 9.57. The lowest BCUT2D eigenvalue weighted by atomic mass is 9.71. The Morgan fingerprint density at radius 3 is 2.16 bits per heavy atom. The number of nitrogens with one attached hydrogen (secondary N) is 1. The lowest BCUT2D eigenvalue weighted by Gasteiger charge is -2.48. The van der Waals surface area contributed by atoms with Gasteiger partial charge in [-0.05, 0) is 70.1 Å². The molecule has 0 radical (unpaired) electrons. The molecule has 1 spiro atoms. The Morgan fingerprint density at radius 2 is 1.58 bits per heavy atom. The molecule has 3 nitrogen and oxygen atoms in total. The van der Waals surface area contributed by atoms with Crippen molar-refractivity contribution in [2.24, 2.45) is 5.41 Å². The van der Waals surface area contributed by atoms with E-state index < -0.39 is 0 Å². The highest BCUT2D eigenvalue weighted by Gasteiger charge is 2.37. The molecule has 3 heterocycles. The summed E-state index contributed by atoms with van der Waals surface area (Å²) in [7, 11) is 0. The average Bonchev–Trinajstić information content (AvgIpc) is 2.49. The van der Waals surface area contributed by atoms with Gasteiger partial charge in [0.05, 0.1) is 4.55 Å². The van der Waals surface area contributed by atoms with Crippen LogP contribution in [0.2, 0.25) is 0 Å². The molecule has 3 rings (SSSR count). The Balaban J connectivity index is 1.47. The molecule has 0 unspecified atom stereocenters. The number of likely N-dealkylation sites (tertiary alicyclic amines) is 2. The van der Waals surface area contributed by atoms with Gasteiger partial charge in [0.1, 0.15) is 0 Å². The van der Waals surface area contributed by atoms with Crippen molar-refractivity contribution >= 4 is 22.6 Å². The third-order valence-corrected chi connectivity index (χ3v) is 6.73. The van der Waals surface area contributed by atoms with Crippen LogP contribution >= 0.6 is 22.6 Å².